The molecule has 0 bridgehead atoms. The van der Waals surface area contributed by atoms with Gasteiger partial charge in [0.1, 0.15) is 0 Å². The minimum atomic E-state index is -0.0614. The maximum absolute atomic E-state index is 12.3. The monoisotopic (exact) mass is 354 g/mol. The summed E-state index contributed by atoms with van der Waals surface area (Å²) in [6.07, 6.45) is 2.18. The van der Waals surface area contributed by atoms with Crippen molar-refractivity contribution in [2.24, 2.45) is 4.99 Å². The number of carbonyl (C=O) groups is 1. The smallest absolute Gasteiger partial charge is 0.248 e. The maximum Gasteiger partial charge on any atom is 0.248 e. The zero-order chi connectivity index (χ0) is 17.5. The molecule has 0 atom stereocenters. The van der Waals surface area contributed by atoms with E-state index in [9.17, 15) is 4.79 Å². The van der Waals surface area contributed by atoms with Crippen LogP contribution in [-0.4, -0.2) is 24.2 Å². The number of ether oxygens (including phenoxy) is 1. The van der Waals surface area contributed by atoms with Gasteiger partial charge in [0.2, 0.25) is 5.91 Å². The minimum absolute atomic E-state index is 0.0614. The molecule has 1 amide bonds. The first-order valence-corrected chi connectivity index (χ1v) is 9.28. The second-order valence-electron chi connectivity index (χ2n) is 5.84. The molecule has 0 spiro atoms. The number of benzene rings is 2. The van der Waals surface area contributed by atoms with E-state index in [4.69, 9.17) is 4.74 Å². The van der Waals surface area contributed by atoms with Crippen LogP contribution in [0.25, 0.3) is 10.2 Å². The van der Waals surface area contributed by atoms with Crippen LogP contribution in [-0.2, 0) is 22.5 Å². The third kappa shape index (κ3) is 4.65. The number of hydrogen-bond acceptors (Lipinski definition) is 3. The number of thiazole rings is 1. The Labute approximate surface area is 151 Å². The van der Waals surface area contributed by atoms with Gasteiger partial charge in [0.05, 0.1) is 16.8 Å². The summed E-state index contributed by atoms with van der Waals surface area (Å²) in [6.45, 7) is 1.28. The van der Waals surface area contributed by atoms with E-state index in [0.29, 0.717) is 19.6 Å². The van der Waals surface area contributed by atoms with Gasteiger partial charge in [0.25, 0.3) is 0 Å². The van der Waals surface area contributed by atoms with Gasteiger partial charge in [-0.2, -0.15) is 4.99 Å². The molecule has 0 N–H and O–H groups in total. The molecule has 1 aromatic heterocycles. The summed E-state index contributed by atoms with van der Waals surface area (Å²) in [7, 11) is 1.68. The summed E-state index contributed by atoms with van der Waals surface area (Å²) in [6, 6.07) is 18.4. The van der Waals surface area contributed by atoms with Crippen molar-refractivity contribution in [2.75, 3.05) is 13.7 Å². The molecule has 3 rings (SSSR count). The molecule has 2 aromatic carbocycles. The normalized spacial score (nSPS) is 12.0. The van der Waals surface area contributed by atoms with Gasteiger partial charge < -0.3 is 9.30 Å². The molecule has 25 heavy (non-hydrogen) atoms. The van der Waals surface area contributed by atoms with Gasteiger partial charge in [-0.3, -0.25) is 4.79 Å². The molecular formula is C20H22N2O2S. The topological polar surface area (TPSA) is 43.6 Å². The first kappa shape index (κ1) is 17.6. The first-order chi connectivity index (χ1) is 12.3. The SMILES string of the molecule is COCCn1c(=NC(=O)CCCc2ccccc2)sc2ccccc21. The molecular weight excluding hydrogens is 332 g/mol. The van der Waals surface area contributed by atoms with Gasteiger partial charge in [0.15, 0.2) is 4.80 Å². The Balaban J connectivity index is 1.74. The zero-order valence-electron chi connectivity index (χ0n) is 14.4. The molecule has 0 aliphatic carbocycles. The van der Waals surface area contributed by atoms with E-state index in [1.165, 1.54) is 5.56 Å². The lowest BCUT2D eigenvalue weighted by Crippen LogP contribution is -2.19. The highest BCUT2D eigenvalue weighted by molar-refractivity contribution is 7.16. The maximum atomic E-state index is 12.3. The number of nitrogens with zero attached hydrogens (tertiary/aromatic N) is 2. The summed E-state index contributed by atoms with van der Waals surface area (Å²) in [4.78, 5) is 17.4. The molecule has 0 saturated heterocycles. The van der Waals surface area contributed by atoms with Gasteiger partial charge in [0, 0.05) is 20.1 Å². The van der Waals surface area contributed by atoms with Crippen LogP contribution in [0.1, 0.15) is 18.4 Å². The summed E-state index contributed by atoms with van der Waals surface area (Å²) in [5.41, 5.74) is 2.35. The summed E-state index contributed by atoms with van der Waals surface area (Å²) < 4.78 is 8.40. The molecule has 1 heterocycles. The Morgan fingerprint density at radius 2 is 1.88 bits per heavy atom. The molecule has 5 heteroatoms. The zero-order valence-corrected chi connectivity index (χ0v) is 15.2. The van der Waals surface area contributed by atoms with Crippen molar-refractivity contribution in [3.63, 3.8) is 0 Å². The van der Waals surface area contributed by atoms with Crippen LogP contribution in [0.5, 0.6) is 0 Å². The van der Waals surface area contributed by atoms with Crippen LogP contribution in [0.4, 0.5) is 0 Å². The molecule has 0 radical (unpaired) electrons. The van der Waals surface area contributed by atoms with E-state index in [-0.39, 0.29) is 5.91 Å². The average Bonchev–Trinajstić information content (AvgIpc) is 2.98. The number of carbonyl (C=O) groups excluding carboxylic acids is 1. The van der Waals surface area contributed by atoms with E-state index >= 15 is 0 Å². The largest absolute Gasteiger partial charge is 0.383 e. The second-order valence-corrected chi connectivity index (χ2v) is 6.85. The summed E-state index contributed by atoms with van der Waals surface area (Å²) >= 11 is 1.55. The third-order valence-corrected chi connectivity index (χ3v) is 5.09. The fourth-order valence-electron chi connectivity index (χ4n) is 2.76. The van der Waals surface area contributed by atoms with Crippen molar-refractivity contribution >= 4 is 27.5 Å². The van der Waals surface area contributed by atoms with Crippen molar-refractivity contribution in [2.45, 2.75) is 25.8 Å². The molecule has 4 nitrogen and oxygen atoms in total. The van der Waals surface area contributed by atoms with Crippen molar-refractivity contribution in [1.29, 1.82) is 0 Å². The van der Waals surface area contributed by atoms with Crippen molar-refractivity contribution in [3.8, 4) is 0 Å². The van der Waals surface area contributed by atoms with Crippen molar-refractivity contribution in [1.82, 2.24) is 4.57 Å². The molecule has 0 fully saturated rings. The Kier molecular flexibility index (Phi) is 6.14. The second kappa shape index (κ2) is 8.74. The van der Waals surface area contributed by atoms with Crippen LogP contribution in [0, 0.1) is 0 Å². The molecule has 0 aliphatic rings. The number of para-hydroxylation sites is 1. The number of aromatic nitrogens is 1. The summed E-state index contributed by atoms with van der Waals surface area (Å²) in [5.74, 6) is -0.0614. The predicted molar refractivity (Wildman–Crippen MR) is 102 cm³/mol. The summed E-state index contributed by atoms with van der Waals surface area (Å²) in [5, 5.41) is 0. The molecule has 0 saturated carbocycles. The lowest BCUT2D eigenvalue weighted by Gasteiger charge is -2.04. The van der Waals surface area contributed by atoms with Crippen LogP contribution in [0.2, 0.25) is 0 Å². The van der Waals surface area contributed by atoms with Gasteiger partial charge in [-0.1, -0.05) is 53.8 Å². The number of hydrogen-bond donors (Lipinski definition) is 0. The Morgan fingerprint density at radius 3 is 2.68 bits per heavy atom. The predicted octanol–water partition coefficient (Wildman–Crippen LogP) is 3.80. The van der Waals surface area contributed by atoms with Gasteiger partial charge in [-0.15, -0.1) is 0 Å². The van der Waals surface area contributed by atoms with Crippen LogP contribution < -0.4 is 4.80 Å². The van der Waals surface area contributed by atoms with Gasteiger partial charge in [-0.25, -0.2) is 0 Å². The highest BCUT2D eigenvalue weighted by Gasteiger charge is 2.07. The number of aryl methyl sites for hydroxylation is 1. The molecule has 0 unspecified atom stereocenters. The van der Waals surface area contributed by atoms with Crippen molar-refractivity contribution in [3.05, 3.63) is 65.0 Å². The number of methoxy groups -OCH3 is 1. The third-order valence-electron chi connectivity index (χ3n) is 4.03. The quantitative estimate of drug-likeness (QED) is 0.648. The van der Waals surface area contributed by atoms with Gasteiger partial charge >= 0.3 is 0 Å². The Morgan fingerprint density at radius 1 is 1.12 bits per heavy atom. The fourth-order valence-corrected chi connectivity index (χ4v) is 3.83. The van der Waals surface area contributed by atoms with E-state index in [0.717, 1.165) is 27.9 Å². The van der Waals surface area contributed by atoms with Crippen LogP contribution in [0.3, 0.4) is 0 Å². The lowest BCUT2D eigenvalue weighted by molar-refractivity contribution is -0.118. The van der Waals surface area contributed by atoms with Crippen molar-refractivity contribution < 1.29 is 9.53 Å². The highest BCUT2D eigenvalue weighted by Crippen LogP contribution is 2.16. The number of rotatable bonds is 7. The van der Waals surface area contributed by atoms with E-state index < -0.39 is 0 Å². The Bertz CT molecular complexity index is 897. The Hall–Kier alpha value is -2.24. The van der Waals surface area contributed by atoms with Crippen LogP contribution in [0.15, 0.2) is 59.6 Å². The minimum Gasteiger partial charge on any atom is -0.383 e. The van der Waals surface area contributed by atoms with Gasteiger partial charge in [-0.05, 0) is 30.5 Å². The molecule has 3 aromatic rings. The number of fused-ring (bicyclic) bond motifs is 1. The van der Waals surface area contributed by atoms with E-state index in [2.05, 4.69) is 33.8 Å². The first-order valence-electron chi connectivity index (χ1n) is 8.47. The van der Waals surface area contributed by atoms with Crippen LogP contribution >= 0.6 is 11.3 Å². The van der Waals surface area contributed by atoms with E-state index in [1.807, 2.05) is 30.3 Å². The highest BCUT2D eigenvalue weighted by atomic mass is 32.1. The molecule has 0 aliphatic heterocycles. The average molecular weight is 354 g/mol. The molecule has 130 valence electrons. The van der Waals surface area contributed by atoms with E-state index in [1.54, 1.807) is 18.4 Å². The standard InChI is InChI=1S/C20H22N2O2S/c1-24-15-14-22-17-11-5-6-12-18(17)25-20(22)21-19(23)13-7-10-16-8-3-2-4-9-16/h2-6,8-9,11-12H,7,10,13-15H2,1H3. The fraction of sp³-hybridized carbons (Fsp3) is 0.300. The lowest BCUT2D eigenvalue weighted by atomic mass is 10.1. The number of amides is 1.